The number of nitrogens with zero attached hydrogens (tertiary/aromatic N) is 1. The Balaban J connectivity index is 1.43. The van der Waals surface area contributed by atoms with Crippen LogP contribution in [0.3, 0.4) is 0 Å². The van der Waals surface area contributed by atoms with Gasteiger partial charge < -0.3 is 10.1 Å². The number of anilines is 1. The molecule has 0 heterocycles. The molecule has 152 valence electrons. The van der Waals surface area contributed by atoms with Crippen molar-refractivity contribution < 1.29 is 14.3 Å². The van der Waals surface area contributed by atoms with Crippen LogP contribution in [0.4, 0.5) is 5.69 Å². The molecule has 6 nitrogen and oxygen atoms in total. The van der Waals surface area contributed by atoms with Gasteiger partial charge >= 0.3 is 0 Å². The van der Waals surface area contributed by atoms with E-state index in [1.54, 1.807) is 0 Å². The third-order valence-electron chi connectivity index (χ3n) is 4.15. The van der Waals surface area contributed by atoms with Gasteiger partial charge in [-0.25, -0.2) is 5.43 Å². The molecule has 30 heavy (non-hydrogen) atoms. The lowest BCUT2D eigenvalue weighted by Gasteiger charge is -2.06. The number of para-hydroxylation sites is 1. The first-order valence-corrected chi connectivity index (χ1v) is 9.60. The van der Waals surface area contributed by atoms with Crippen molar-refractivity contribution >= 4 is 23.7 Å². The second-order valence-corrected chi connectivity index (χ2v) is 6.69. The summed E-state index contributed by atoms with van der Waals surface area (Å²) < 4.78 is 5.77. The lowest BCUT2D eigenvalue weighted by molar-refractivity contribution is -0.124. The van der Waals surface area contributed by atoms with Crippen LogP contribution in [0.25, 0.3) is 0 Å². The van der Waals surface area contributed by atoms with Crippen LogP contribution in [0.15, 0.2) is 84.0 Å². The maximum Gasteiger partial charge on any atom is 0.240 e. The molecule has 3 aromatic rings. The number of amides is 2. The summed E-state index contributed by atoms with van der Waals surface area (Å²) in [5.74, 6) is 0.860. The van der Waals surface area contributed by atoms with Gasteiger partial charge in [-0.15, -0.1) is 0 Å². The van der Waals surface area contributed by atoms with Gasteiger partial charge in [0.1, 0.15) is 11.5 Å². The van der Waals surface area contributed by atoms with Gasteiger partial charge in [0.05, 0.1) is 6.21 Å². The minimum atomic E-state index is -0.331. The molecule has 0 aliphatic carbocycles. The molecular weight excluding hydrogens is 378 g/mol. The van der Waals surface area contributed by atoms with E-state index in [9.17, 15) is 9.59 Å². The van der Waals surface area contributed by atoms with E-state index in [1.807, 2.05) is 85.8 Å². The maximum atomic E-state index is 11.9. The number of nitrogens with one attached hydrogen (secondary N) is 2. The van der Waals surface area contributed by atoms with Crippen molar-refractivity contribution in [1.82, 2.24) is 5.43 Å². The summed E-state index contributed by atoms with van der Waals surface area (Å²) in [6, 6.07) is 24.3. The average Bonchev–Trinajstić information content (AvgIpc) is 2.75. The van der Waals surface area contributed by atoms with E-state index in [2.05, 4.69) is 15.8 Å². The highest BCUT2D eigenvalue weighted by atomic mass is 16.5. The first-order chi connectivity index (χ1) is 14.6. The predicted octanol–water partition coefficient (Wildman–Crippen LogP) is 4.66. The van der Waals surface area contributed by atoms with E-state index < -0.39 is 0 Å². The van der Waals surface area contributed by atoms with Gasteiger partial charge in [0.2, 0.25) is 11.8 Å². The van der Waals surface area contributed by atoms with Gasteiger partial charge in [-0.1, -0.05) is 48.0 Å². The quantitative estimate of drug-likeness (QED) is 0.426. The number of ether oxygens (including phenoxy) is 1. The standard InChI is InChI=1S/C24H23N3O3/c1-18-10-12-20(13-11-18)26-23(28)14-15-24(29)27-25-17-19-6-5-9-22(16-19)30-21-7-3-2-4-8-21/h2-13,16-17H,14-15H2,1H3,(H,26,28)(H,27,29)/b25-17-. The molecule has 0 aromatic heterocycles. The first kappa shape index (κ1) is 20.8. The zero-order valence-corrected chi connectivity index (χ0v) is 16.7. The number of hydrogen-bond acceptors (Lipinski definition) is 4. The molecule has 0 unspecified atom stereocenters. The molecule has 0 fully saturated rings. The average molecular weight is 401 g/mol. The summed E-state index contributed by atoms with van der Waals surface area (Å²) in [7, 11) is 0. The molecule has 0 aliphatic rings. The Morgan fingerprint density at radius 2 is 1.57 bits per heavy atom. The molecular formula is C24H23N3O3. The lowest BCUT2D eigenvalue weighted by atomic mass is 10.2. The number of hydrazone groups is 1. The van der Waals surface area contributed by atoms with E-state index >= 15 is 0 Å². The minimum absolute atomic E-state index is 0.0478. The topological polar surface area (TPSA) is 79.8 Å². The summed E-state index contributed by atoms with van der Waals surface area (Å²) in [4.78, 5) is 23.9. The highest BCUT2D eigenvalue weighted by molar-refractivity contribution is 5.93. The second-order valence-electron chi connectivity index (χ2n) is 6.69. The van der Waals surface area contributed by atoms with Gasteiger partial charge in [0.25, 0.3) is 0 Å². The third kappa shape index (κ3) is 6.91. The van der Waals surface area contributed by atoms with Crippen LogP contribution in [0.2, 0.25) is 0 Å². The van der Waals surface area contributed by atoms with Gasteiger partial charge in [0, 0.05) is 18.5 Å². The molecule has 0 radical (unpaired) electrons. The van der Waals surface area contributed by atoms with Crippen molar-refractivity contribution in [3.05, 3.63) is 90.0 Å². The highest BCUT2D eigenvalue weighted by Crippen LogP contribution is 2.21. The van der Waals surface area contributed by atoms with Gasteiger partial charge in [-0.2, -0.15) is 5.10 Å². The van der Waals surface area contributed by atoms with Gasteiger partial charge in [0.15, 0.2) is 0 Å². The van der Waals surface area contributed by atoms with Gasteiger partial charge in [-0.3, -0.25) is 9.59 Å². The monoisotopic (exact) mass is 401 g/mol. The van der Waals surface area contributed by atoms with Crippen LogP contribution in [0.5, 0.6) is 11.5 Å². The van der Waals surface area contributed by atoms with Crippen molar-refractivity contribution in [3.8, 4) is 11.5 Å². The van der Waals surface area contributed by atoms with Gasteiger partial charge in [-0.05, 0) is 48.9 Å². The fourth-order valence-corrected chi connectivity index (χ4v) is 2.61. The molecule has 0 saturated heterocycles. The van der Waals surface area contributed by atoms with Crippen LogP contribution in [0.1, 0.15) is 24.0 Å². The van der Waals surface area contributed by atoms with Crippen molar-refractivity contribution in [3.63, 3.8) is 0 Å². The minimum Gasteiger partial charge on any atom is -0.457 e. The molecule has 2 amide bonds. The van der Waals surface area contributed by atoms with Crippen LogP contribution < -0.4 is 15.5 Å². The van der Waals surface area contributed by atoms with Crippen LogP contribution in [0, 0.1) is 6.92 Å². The maximum absolute atomic E-state index is 11.9. The van der Waals surface area contributed by atoms with Crippen molar-refractivity contribution in [2.24, 2.45) is 5.10 Å². The Morgan fingerprint density at radius 3 is 2.33 bits per heavy atom. The SMILES string of the molecule is Cc1ccc(NC(=O)CCC(=O)N/N=C\c2cccc(Oc3ccccc3)c2)cc1. The molecule has 0 aliphatic heterocycles. The van der Waals surface area contributed by atoms with Crippen molar-refractivity contribution in [2.75, 3.05) is 5.32 Å². The fraction of sp³-hybridized carbons (Fsp3) is 0.125. The summed E-state index contributed by atoms with van der Waals surface area (Å²) in [5, 5.41) is 6.71. The predicted molar refractivity (Wildman–Crippen MR) is 118 cm³/mol. The number of carbonyl (C=O) groups is 2. The Morgan fingerprint density at radius 1 is 0.867 bits per heavy atom. The summed E-state index contributed by atoms with van der Waals surface area (Å²) >= 11 is 0. The number of benzene rings is 3. The largest absolute Gasteiger partial charge is 0.457 e. The molecule has 3 aromatic carbocycles. The van der Waals surface area contributed by atoms with Crippen molar-refractivity contribution in [1.29, 1.82) is 0 Å². The molecule has 6 heteroatoms. The third-order valence-corrected chi connectivity index (χ3v) is 4.15. The Bertz CT molecular complexity index is 1020. The fourth-order valence-electron chi connectivity index (χ4n) is 2.61. The van der Waals surface area contributed by atoms with E-state index in [4.69, 9.17) is 4.74 Å². The number of carbonyl (C=O) groups excluding carboxylic acids is 2. The Kier molecular flexibility index (Phi) is 7.33. The zero-order chi connectivity index (χ0) is 21.2. The Labute approximate surface area is 175 Å². The number of aryl methyl sites for hydroxylation is 1. The molecule has 0 spiro atoms. The molecule has 2 N–H and O–H groups in total. The normalized spacial score (nSPS) is 10.6. The molecule has 0 saturated carbocycles. The van der Waals surface area contributed by atoms with E-state index in [0.717, 1.165) is 16.9 Å². The van der Waals surface area contributed by atoms with Crippen LogP contribution in [-0.4, -0.2) is 18.0 Å². The zero-order valence-electron chi connectivity index (χ0n) is 16.7. The second kappa shape index (κ2) is 10.6. The molecule has 3 rings (SSSR count). The van der Waals surface area contributed by atoms with E-state index in [1.165, 1.54) is 6.21 Å². The summed E-state index contributed by atoms with van der Waals surface area (Å²) in [6.07, 6.45) is 1.66. The first-order valence-electron chi connectivity index (χ1n) is 9.60. The highest BCUT2D eigenvalue weighted by Gasteiger charge is 2.06. The summed E-state index contributed by atoms with van der Waals surface area (Å²) in [6.45, 7) is 1.98. The number of hydrogen-bond donors (Lipinski definition) is 2. The lowest BCUT2D eigenvalue weighted by Crippen LogP contribution is -2.20. The van der Waals surface area contributed by atoms with E-state index in [-0.39, 0.29) is 24.7 Å². The molecule has 0 atom stereocenters. The van der Waals surface area contributed by atoms with E-state index in [0.29, 0.717) is 11.4 Å². The van der Waals surface area contributed by atoms with Crippen molar-refractivity contribution in [2.45, 2.75) is 19.8 Å². The Hall–Kier alpha value is -3.93. The van der Waals surface area contributed by atoms with Crippen LogP contribution >= 0.6 is 0 Å². The molecule has 0 bridgehead atoms. The number of rotatable bonds is 8. The smallest absolute Gasteiger partial charge is 0.240 e. The summed E-state index contributed by atoms with van der Waals surface area (Å²) in [5.41, 5.74) is 5.04. The van der Waals surface area contributed by atoms with Crippen LogP contribution in [-0.2, 0) is 9.59 Å².